The van der Waals surface area contributed by atoms with Crippen molar-refractivity contribution in [3.8, 4) is 11.1 Å². The molecule has 1 aliphatic rings. The van der Waals surface area contributed by atoms with Gasteiger partial charge >= 0.3 is 7.55 Å². The van der Waals surface area contributed by atoms with Crippen molar-refractivity contribution in [2.24, 2.45) is 0 Å². The van der Waals surface area contributed by atoms with Crippen LogP contribution in [-0.4, -0.2) is 41.5 Å². The number of hydrogen-bond donors (Lipinski definition) is 0. The Labute approximate surface area is 140 Å². The van der Waals surface area contributed by atoms with E-state index in [1.165, 1.54) is 0 Å². The van der Waals surface area contributed by atoms with Gasteiger partial charge in [0.2, 0.25) is 0 Å². The molecule has 0 spiro atoms. The van der Waals surface area contributed by atoms with E-state index in [1.54, 1.807) is 12.4 Å². The van der Waals surface area contributed by atoms with Gasteiger partial charge in [-0.15, -0.1) is 0 Å². The molecule has 1 fully saturated rings. The van der Waals surface area contributed by atoms with Crippen LogP contribution in [0.25, 0.3) is 11.1 Å². The predicted molar refractivity (Wildman–Crippen MR) is 82.4 cm³/mol. The van der Waals surface area contributed by atoms with Gasteiger partial charge in [0.25, 0.3) is 0 Å². The molecule has 0 aromatic carbocycles. The van der Waals surface area contributed by atoms with Crippen LogP contribution in [0.4, 0.5) is 5.82 Å². The van der Waals surface area contributed by atoms with Gasteiger partial charge in [0, 0.05) is 57.3 Å². The summed E-state index contributed by atoms with van der Waals surface area (Å²) < 4.78 is 0. The molecule has 1 saturated heterocycles. The average molecular weight is 457 g/mol. The molecular formula is C15H18BIrN4. The van der Waals surface area contributed by atoms with Crippen LogP contribution < -0.4 is 4.81 Å². The minimum absolute atomic E-state index is 0. The van der Waals surface area contributed by atoms with Crippen LogP contribution in [0.15, 0.2) is 42.9 Å². The normalized spacial score (nSPS) is 14.9. The van der Waals surface area contributed by atoms with Crippen LogP contribution in [0.2, 0.25) is 0 Å². The van der Waals surface area contributed by atoms with Crippen LogP contribution >= 0.6 is 0 Å². The number of nitrogens with zero attached hydrogens (tertiary/aromatic N) is 4. The zero-order valence-corrected chi connectivity index (χ0v) is 14.6. The van der Waals surface area contributed by atoms with Crippen molar-refractivity contribution < 1.29 is 20.1 Å². The third-order valence-corrected chi connectivity index (χ3v) is 3.61. The second kappa shape index (κ2) is 7.16. The summed E-state index contributed by atoms with van der Waals surface area (Å²) in [6.07, 6.45) is 5.53. The van der Waals surface area contributed by atoms with Crippen LogP contribution in [0.1, 0.15) is 13.8 Å². The Balaban J connectivity index is 0.00000161. The van der Waals surface area contributed by atoms with Crippen LogP contribution in [0, 0.1) is 0 Å². The van der Waals surface area contributed by atoms with Gasteiger partial charge in [-0.1, -0.05) is 13.8 Å². The summed E-state index contributed by atoms with van der Waals surface area (Å²) in [6, 6.07) is 8.73. The van der Waals surface area contributed by atoms with Crippen LogP contribution in [0.3, 0.4) is 0 Å². The molecule has 0 atom stereocenters. The molecule has 4 nitrogen and oxygen atoms in total. The van der Waals surface area contributed by atoms with E-state index in [4.69, 9.17) is 0 Å². The molecule has 3 heterocycles. The van der Waals surface area contributed by atoms with E-state index in [1.807, 2.05) is 18.3 Å². The van der Waals surface area contributed by atoms with E-state index in [2.05, 4.69) is 53.1 Å². The second-order valence-electron chi connectivity index (χ2n) is 5.28. The average Bonchev–Trinajstić information content (AvgIpc) is 2.98. The Morgan fingerprint density at radius 2 is 1.81 bits per heavy atom. The molecule has 0 N–H and O–H groups in total. The summed E-state index contributed by atoms with van der Waals surface area (Å²) in [5, 5.41) is 0. The Kier molecular flexibility index (Phi) is 5.51. The maximum Gasteiger partial charge on any atom is 0.353 e. The first-order chi connectivity index (χ1) is 9.74. The molecule has 0 saturated carbocycles. The minimum atomic E-state index is 0. The van der Waals surface area contributed by atoms with Crippen molar-refractivity contribution >= 4 is 13.4 Å². The molecule has 0 unspecified atom stereocenters. The Morgan fingerprint density at radius 1 is 1.05 bits per heavy atom. The van der Waals surface area contributed by atoms with Gasteiger partial charge in [0.05, 0.1) is 0 Å². The monoisotopic (exact) mass is 458 g/mol. The SMILES string of the molecule is CC(C)N1[B]N(c2ccc(-c3ccncc3)cn2)CC1.[Ir]. The summed E-state index contributed by atoms with van der Waals surface area (Å²) in [5.41, 5.74) is 2.27. The van der Waals surface area contributed by atoms with E-state index >= 15 is 0 Å². The van der Waals surface area contributed by atoms with E-state index in [0.29, 0.717) is 6.04 Å². The zero-order valence-electron chi connectivity index (χ0n) is 12.2. The van der Waals surface area contributed by atoms with Crippen molar-refractivity contribution in [1.82, 2.24) is 14.8 Å². The van der Waals surface area contributed by atoms with Crippen molar-refractivity contribution in [2.45, 2.75) is 19.9 Å². The third kappa shape index (κ3) is 3.70. The number of pyridine rings is 2. The third-order valence-electron chi connectivity index (χ3n) is 3.61. The molecule has 110 valence electrons. The van der Waals surface area contributed by atoms with Gasteiger partial charge in [-0.3, -0.25) is 4.98 Å². The molecule has 6 heteroatoms. The van der Waals surface area contributed by atoms with Crippen LogP contribution in [-0.2, 0) is 20.1 Å². The number of hydrogen-bond acceptors (Lipinski definition) is 4. The van der Waals surface area contributed by atoms with Gasteiger partial charge in [0.15, 0.2) is 0 Å². The number of aromatic nitrogens is 2. The van der Waals surface area contributed by atoms with Gasteiger partial charge in [-0.25, -0.2) is 4.98 Å². The minimum Gasteiger partial charge on any atom is -0.388 e. The second-order valence-corrected chi connectivity index (χ2v) is 5.28. The fourth-order valence-electron chi connectivity index (χ4n) is 2.35. The van der Waals surface area contributed by atoms with Crippen molar-refractivity contribution in [1.29, 1.82) is 0 Å². The Hall–Kier alpha value is -1.23. The first kappa shape index (κ1) is 16.2. The summed E-state index contributed by atoms with van der Waals surface area (Å²) in [6.45, 7) is 6.48. The topological polar surface area (TPSA) is 32.3 Å². The maximum atomic E-state index is 4.58. The van der Waals surface area contributed by atoms with Gasteiger partial charge in [-0.05, 0) is 35.9 Å². The molecule has 21 heavy (non-hydrogen) atoms. The standard InChI is InChI=1S/C15H18BN4.Ir/c1-12(2)19-9-10-20(16-19)15-4-3-14(11-18-15)13-5-7-17-8-6-13;/h3-8,11-12H,9-10H2,1-2H3;. The Bertz CT molecular complexity index is 562. The van der Waals surface area contributed by atoms with E-state index < -0.39 is 0 Å². The quantitative estimate of drug-likeness (QED) is 0.662. The number of anilines is 1. The fraction of sp³-hybridized carbons (Fsp3) is 0.333. The molecule has 1 aliphatic heterocycles. The molecule has 0 bridgehead atoms. The molecule has 0 aliphatic carbocycles. The van der Waals surface area contributed by atoms with Crippen molar-refractivity contribution in [3.05, 3.63) is 42.9 Å². The van der Waals surface area contributed by atoms with Gasteiger partial charge in [-0.2, -0.15) is 0 Å². The number of rotatable bonds is 3. The van der Waals surface area contributed by atoms with Gasteiger partial charge < -0.3 is 9.62 Å². The van der Waals surface area contributed by atoms with Crippen molar-refractivity contribution in [3.63, 3.8) is 0 Å². The first-order valence-electron chi connectivity index (χ1n) is 6.98. The predicted octanol–water partition coefficient (Wildman–Crippen LogP) is 2.21. The Morgan fingerprint density at radius 3 is 2.38 bits per heavy atom. The summed E-state index contributed by atoms with van der Waals surface area (Å²) in [4.78, 5) is 13.2. The maximum absolute atomic E-state index is 4.58. The smallest absolute Gasteiger partial charge is 0.353 e. The molecular weight excluding hydrogens is 439 g/mol. The summed E-state index contributed by atoms with van der Waals surface area (Å²) >= 11 is 0. The molecule has 2 aromatic rings. The molecule has 3 rings (SSSR count). The molecule has 0 amide bonds. The largest absolute Gasteiger partial charge is 0.388 e. The van der Waals surface area contributed by atoms with E-state index in [-0.39, 0.29) is 20.1 Å². The van der Waals surface area contributed by atoms with Crippen molar-refractivity contribution in [2.75, 3.05) is 17.9 Å². The zero-order chi connectivity index (χ0) is 13.9. The fourth-order valence-corrected chi connectivity index (χ4v) is 2.35. The molecule has 2 radical (unpaired) electrons. The van der Waals surface area contributed by atoms with E-state index in [0.717, 1.165) is 30.0 Å². The van der Waals surface area contributed by atoms with E-state index in [9.17, 15) is 0 Å². The summed E-state index contributed by atoms with van der Waals surface area (Å²) in [5.74, 6) is 1.01. The first-order valence-corrected chi connectivity index (χ1v) is 6.98. The van der Waals surface area contributed by atoms with Crippen LogP contribution in [0.5, 0.6) is 0 Å². The van der Waals surface area contributed by atoms with Gasteiger partial charge in [0.1, 0.15) is 5.82 Å². The summed E-state index contributed by atoms with van der Waals surface area (Å²) in [7, 11) is 2.17. The molecule has 2 aromatic heterocycles.